The maximum Gasteiger partial charge on any atom is 0.252 e. The first-order valence-corrected chi connectivity index (χ1v) is 11.3. The molecule has 148 valence electrons. The lowest BCUT2D eigenvalue weighted by molar-refractivity contribution is -0.127. The van der Waals surface area contributed by atoms with E-state index in [2.05, 4.69) is 10.9 Å². The van der Waals surface area contributed by atoms with Gasteiger partial charge in [0.1, 0.15) is 4.21 Å². The molecule has 0 unspecified atom stereocenters. The van der Waals surface area contributed by atoms with Crippen LogP contribution in [0, 0.1) is 11.3 Å². The number of amides is 1. The van der Waals surface area contributed by atoms with Crippen LogP contribution in [0.2, 0.25) is 0 Å². The zero-order valence-corrected chi connectivity index (χ0v) is 17.2. The van der Waals surface area contributed by atoms with Crippen LogP contribution < -0.4 is 10.9 Å². The average Bonchev–Trinajstić information content (AvgIpc) is 3.13. The van der Waals surface area contributed by atoms with Crippen LogP contribution in [-0.4, -0.2) is 37.5 Å². The van der Waals surface area contributed by atoms with Gasteiger partial charge in [0.05, 0.1) is 0 Å². The van der Waals surface area contributed by atoms with Gasteiger partial charge in [0.15, 0.2) is 5.78 Å². The standard InChI is InChI=1S/C18H25N3O4S2/c1-18(2)11-14(10-15(22)12-18)19-20-17(23)13-5-7-21(8-6-13)27(24,25)16-4-3-9-26-16/h3-4,9-10,13,19H,5-8,11-12H2,1-2H3,(H,20,23). The number of nitrogens with zero attached hydrogens (tertiary/aromatic N) is 1. The van der Waals surface area contributed by atoms with Crippen molar-refractivity contribution >= 4 is 33.1 Å². The fourth-order valence-corrected chi connectivity index (χ4v) is 6.18. The summed E-state index contributed by atoms with van der Waals surface area (Å²) < 4.78 is 26.8. The molecule has 27 heavy (non-hydrogen) atoms. The highest BCUT2D eigenvalue weighted by Crippen LogP contribution is 2.32. The van der Waals surface area contributed by atoms with Gasteiger partial charge in [-0.1, -0.05) is 19.9 Å². The second-order valence-corrected chi connectivity index (χ2v) is 11.0. The van der Waals surface area contributed by atoms with Gasteiger partial charge in [-0.15, -0.1) is 11.3 Å². The van der Waals surface area contributed by atoms with Crippen LogP contribution in [0.4, 0.5) is 0 Å². The lowest BCUT2D eigenvalue weighted by atomic mass is 9.79. The van der Waals surface area contributed by atoms with E-state index in [-0.39, 0.29) is 23.0 Å². The smallest absolute Gasteiger partial charge is 0.252 e. The molecule has 0 spiro atoms. The van der Waals surface area contributed by atoms with E-state index in [9.17, 15) is 18.0 Å². The van der Waals surface area contributed by atoms with E-state index >= 15 is 0 Å². The number of allylic oxidation sites excluding steroid dienone is 2. The summed E-state index contributed by atoms with van der Waals surface area (Å²) in [5.41, 5.74) is 6.15. The van der Waals surface area contributed by atoms with Crippen molar-refractivity contribution < 1.29 is 18.0 Å². The van der Waals surface area contributed by atoms with E-state index in [1.54, 1.807) is 23.6 Å². The predicted molar refractivity (Wildman–Crippen MR) is 103 cm³/mol. The first-order valence-electron chi connectivity index (χ1n) is 9.00. The Hall–Kier alpha value is -1.71. The maximum absolute atomic E-state index is 12.5. The number of hydrogen-bond acceptors (Lipinski definition) is 6. The molecule has 1 saturated heterocycles. The fraction of sp³-hybridized carbons (Fsp3) is 0.556. The van der Waals surface area contributed by atoms with Gasteiger partial charge in [-0.05, 0) is 36.1 Å². The van der Waals surface area contributed by atoms with Crippen LogP contribution in [0.25, 0.3) is 0 Å². The summed E-state index contributed by atoms with van der Waals surface area (Å²) >= 11 is 1.20. The first kappa shape index (κ1) is 20.0. The molecule has 2 aliphatic rings. The number of hydrogen-bond donors (Lipinski definition) is 2. The van der Waals surface area contributed by atoms with E-state index in [1.165, 1.54) is 15.6 Å². The molecule has 1 aliphatic heterocycles. The fourth-order valence-electron chi connectivity index (χ4n) is 3.57. The van der Waals surface area contributed by atoms with E-state index in [1.807, 2.05) is 13.8 Å². The average molecular weight is 412 g/mol. The van der Waals surface area contributed by atoms with Crippen molar-refractivity contribution in [2.75, 3.05) is 13.1 Å². The second-order valence-electron chi connectivity index (χ2n) is 7.88. The Balaban J connectivity index is 1.51. The zero-order chi connectivity index (χ0) is 19.7. The number of piperidine rings is 1. The number of ketones is 1. The summed E-state index contributed by atoms with van der Waals surface area (Å²) in [6, 6.07) is 3.32. The third kappa shape index (κ3) is 4.77. The van der Waals surface area contributed by atoms with Crippen LogP contribution in [0.15, 0.2) is 33.5 Å². The van der Waals surface area contributed by atoms with E-state index in [0.29, 0.717) is 48.7 Å². The molecular weight excluding hydrogens is 386 g/mol. The Morgan fingerprint density at radius 3 is 2.56 bits per heavy atom. The van der Waals surface area contributed by atoms with Crippen molar-refractivity contribution in [3.8, 4) is 0 Å². The Kier molecular flexibility index (Phi) is 5.73. The Bertz CT molecular complexity index is 836. The highest BCUT2D eigenvalue weighted by Gasteiger charge is 2.33. The van der Waals surface area contributed by atoms with Crippen molar-refractivity contribution in [2.45, 2.75) is 43.7 Å². The first-order chi connectivity index (χ1) is 12.7. The molecule has 3 rings (SSSR count). The molecule has 1 amide bonds. The number of sulfonamides is 1. The summed E-state index contributed by atoms with van der Waals surface area (Å²) in [7, 11) is -3.46. The van der Waals surface area contributed by atoms with Crippen molar-refractivity contribution in [3.05, 3.63) is 29.3 Å². The Morgan fingerprint density at radius 2 is 1.96 bits per heavy atom. The van der Waals surface area contributed by atoms with Crippen molar-refractivity contribution in [1.29, 1.82) is 0 Å². The van der Waals surface area contributed by atoms with Gasteiger partial charge in [-0.2, -0.15) is 4.31 Å². The van der Waals surface area contributed by atoms with Gasteiger partial charge < -0.3 is 5.43 Å². The van der Waals surface area contributed by atoms with Crippen LogP contribution in [0.1, 0.15) is 39.5 Å². The maximum atomic E-state index is 12.5. The second kappa shape index (κ2) is 7.73. The van der Waals surface area contributed by atoms with E-state index < -0.39 is 10.0 Å². The number of carbonyl (C=O) groups excluding carboxylic acids is 2. The molecule has 1 fully saturated rings. The highest BCUT2D eigenvalue weighted by atomic mass is 32.2. The third-order valence-corrected chi connectivity index (χ3v) is 8.19. The number of carbonyl (C=O) groups is 2. The topological polar surface area (TPSA) is 95.6 Å². The molecule has 7 nitrogen and oxygen atoms in total. The summed E-state index contributed by atoms with van der Waals surface area (Å²) in [4.78, 5) is 24.2. The summed E-state index contributed by atoms with van der Waals surface area (Å²) in [5.74, 6) is -0.366. The molecule has 9 heteroatoms. The highest BCUT2D eigenvalue weighted by molar-refractivity contribution is 7.91. The summed E-state index contributed by atoms with van der Waals surface area (Å²) in [5, 5.41) is 1.74. The normalized spacial score (nSPS) is 21.6. The van der Waals surface area contributed by atoms with Crippen molar-refractivity contribution in [3.63, 3.8) is 0 Å². The molecule has 0 aromatic carbocycles. The Labute approximate surface area is 163 Å². The molecule has 1 aromatic rings. The van der Waals surface area contributed by atoms with E-state index in [0.717, 1.165) is 0 Å². The monoisotopic (exact) mass is 411 g/mol. The molecule has 0 radical (unpaired) electrons. The van der Waals surface area contributed by atoms with Crippen LogP contribution in [0.3, 0.4) is 0 Å². The molecule has 0 atom stereocenters. The molecule has 0 saturated carbocycles. The largest absolute Gasteiger partial charge is 0.303 e. The lowest BCUT2D eigenvalue weighted by Crippen LogP contribution is -2.46. The van der Waals surface area contributed by atoms with Crippen LogP contribution >= 0.6 is 11.3 Å². The predicted octanol–water partition coefficient (Wildman–Crippen LogP) is 2.04. The summed E-state index contributed by atoms with van der Waals surface area (Å²) in [6.45, 7) is 4.69. The molecular formula is C18H25N3O4S2. The van der Waals surface area contributed by atoms with Gasteiger partial charge in [-0.25, -0.2) is 8.42 Å². The SMILES string of the molecule is CC1(C)CC(=O)C=C(NNC(=O)C2CCN(S(=O)(=O)c3cccs3)CC2)C1. The summed E-state index contributed by atoms with van der Waals surface area (Å²) in [6.07, 6.45) is 3.69. The molecule has 2 N–H and O–H groups in total. The quantitative estimate of drug-likeness (QED) is 0.723. The number of nitrogens with one attached hydrogen (secondary N) is 2. The van der Waals surface area contributed by atoms with Crippen LogP contribution in [-0.2, 0) is 19.6 Å². The molecule has 2 heterocycles. The molecule has 1 aliphatic carbocycles. The number of thiophene rings is 1. The lowest BCUT2D eigenvalue weighted by Gasteiger charge is -2.31. The minimum atomic E-state index is -3.46. The van der Waals surface area contributed by atoms with Gasteiger partial charge in [-0.3, -0.25) is 15.0 Å². The van der Waals surface area contributed by atoms with E-state index in [4.69, 9.17) is 0 Å². The zero-order valence-electron chi connectivity index (χ0n) is 15.5. The number of hydrazine groups is 1. The minimum Gasteiger partial charge on any atom is -0.303 e. The number of rotatable bonds is 5. The molecule has 1 aromatic heterocycles. The van der Waals surface area contributed by atoms with Gasteiger partial charge in [0.2, 0.25) is 5.91 Å². The minimum absolute atomic E-state index is 0.0510. The Morgan fingerprint density at radius 1 is 1.26 bits per heavy atom. The van der Waals surface area contributed by atoms with Gasteiger partial charge >= 0.3 is 0 Å². The van der Waals surface area contributed by atoms with Crippen molar-refractivity contribution in [2.24, 2.45) is 11.3 Å². The molecule has 0 bridgehead atoms. The van der Waals surface area contributed by atoms with Gasteiger partial charge in [0, 0.05) is 37.2 Å². The third-order valence-electron chi connectivity index (χ3n) is 4.92. The van der Waals surface area contributed by atoms with Crippen molar-refractivity contribution in [1.82, 2.24) is 15.2 Å². The van der Waals surface area contributed by atoms with Crippen LogP contribution in [0.5, 0.6) is 0 Å². The van der Waals surface area contributed by atoms with Gasteiger partial charge in [0.25, 0.3) is 10.0 Å².